The summed E-state index contributed by atoms with van der Waals surface area (Å²) in [5.74, 6) is 0. The van der Waals surface area contributed by atoms with Gasteiger partial charge in [-0.15, -0.1) is 0 Å². The molecule has 0 amide bonds. The van der Waals surface area contributed by atoms with E-state index in [2.05, 4.69) is 217 Å². The van der Waals surface area contributed by atoms with E-state index in [1.54, 1.807) is 0 Å². The SMILES string of the molecule is CC1(C)c2ccccc2-c2ccc(N(c3ccc(-c4ccccc4)cc3)c3ccc(-c4ccc5c(c4)c4ccc(Nc6ccccc6)c(C=N)c4n5-c4ccccc4)cc3)cc21. The summed E-state index contributed by atoms with van der Waals surface area (Å²) < 4.78 is 2.30. The van der Waals surface area contributed by atoms with E-state index in [-0.39, 0.29) is 5.41 Å². The predicted octanol–water partition coefficient (Wildman–Crippen LogP) is 15.6. The number of para-hydroxylation sites is 2. The highest BCUT2D eigenvalue weighted by Crippen LogP contribution is 2.51. The molecule has 0 saturated heterocycles. The van der Waals surface area contributed by atoms with Crippen LogP contribution in [0.2, 0.25) is 0 Å². The van der Waals surface area contributed by atoms with E-state index in [9.17, 15) is 0 Å². The molecule has 1 aliphatic carbocycles. The molecule has 4 heteroatoms. The minimum Gasteiger partial charge on any atom is -0.355 e. The normalized spacial score (nSPS) is 12.5. The Labute approximate surface area is 362 Å². The Balaban J connectivity index is 1.01. The van der Waals surface area contributed by atoms with E-state index >= 15 is 0 Å². The smallest absolute Gasteiger partial charge is 0.0649 e. The second-order valence-electron chi connectivity index (χ2n) is 16.7. The van der Waals surface area contributed by atoms with Gasteiger partial charge in [0.2, 0.25) is 0 Å². The Hall–Kier alpha value is -7.95. The standard InChI is InChI=1S/C58H44N4/c1-58(2)53-21-13-12-20-48(53)49-32-31-47(37-54(49)58)61(45-27-22-40(23-28-45)39-14-6-3-7-15-39)46-29-24-41(25-30-46)42-26-35-56-51(36-42)50-33-34-55(60-43-16-8-4-9-17-43)52(38-59)57(50)62(56)44-18-10-5-11-19-44/h3-38,59-60H,1-2H3. The van der Waals surface area contributed by atoms with Crippen molar-refractivity contribution < 1.29 is 0 Å². The number of aromatic nitrogens is 1. The van der Waals surface area contributed by atoms with Crippen LogP contribution in [0.1, 0.15) is 30.5 Å². The molecule has 1 heterocycles. The second-order valence-corrected chi connectivity index (χ2v) is 16.7. The Morgan fingerprint density at radius 3 is 1.74 bits per heavy atom. The van der Waals surface area contributed by atoms with Crippen LogP contribution >= 0.6 is 0 Å². The molecule has 0 fully saturated rings. The predicted molar refractivity (Wildman–Crippen MR) is 262 cm³/mol. The molecule has 1 aromatic heterocycles. The summed E-state index contributed by atoms with van der Waals surface area (Å²) >= 11 is 0. The highest BCUT2D eigenvalue weighted by molar-refractivity contribution is 6.17. The van der Waals surface area contributed by atoms with Gasteiger partial charge in [0.1, 0.15) is 0 Å². The lowest BCUT2D eigenvalue weighted by Crippen LogP contribution is -2.16. The maximum absolute atomic E-state index is 8.67. The number of nitrogens with zero attached hydrogens (tertiary/aromatic N) is 2. The molecule has 0 atom stereocenters. The highest BCUT2D eigenvalue weighted by Gasteiger charge is 2.35. The maximum Gasteiger partial charge on any atom is 0.0649 e. The number of benzene rings is 9. The summed E-state index contributed by atoms with van der Waals surface area (Å²) in [6, 6.07) is 76.0. The van der Waals surface area contributed by atoms with Crippen molar-refractivity contribution >= 4 is 56.5 Å². The maximum atomic E-state index is 8.67. The van der Waals surface area contributed by atoms with E-state index in [0.717, 1.165) is 72.6 Å². The van der Waals surface area contributed by atoms with Gasteiger partial charge in [-0.2, -0.15) is 0 Å². The molecule has 0 radical (unpaired) electrons. The topological polar surface area (TPSA) is 44.1 Å². The van der Waals surface area contributed by atoms with Crippen molar-refractivity contribution in [2.45, 2.75) is 19.3 Å². The quantitative estimate of drug-likeness (QED) is 0.143. The van der Waals surface area contributed by atoms with Crippen LogP contribution < -0.4 is 10.2 Å². The number of hydrogen-bond acceptors (Lipinski definition) is 3. The number of rotatable bonds is 9. The first kappa shape index (κ1) is 37.1. The molecule has 62 heavy (non-hydrogen) atoms. The van der Waals surface area contributed by atoms with Crippen molar-refractivity contribution in [1.82, 2.24) is 4.57 Å². The minimum absolute atomic E-state index is 0.115. The largest absolute Gasteiger partial charge is 0.355 e. The van der Waals surface area contributed by atoms with Crippen molar-refractivity contribution in [2.75, 3.05) is 10.2 Å². The molecular formula is C58H44N4. The van der Waals surface area contributed by atoms with Gasteiger partial charge in [0, 0.05) is 62.1 Å². The third-order valence-electron chi connectivity index (χ3n) is 12.7. The van der Waals surface area contributed by atoms with Crippen LogP contribution in [0.5, 0.6) is 0 Å². The van der Waals surface area contributed by atoms with Crippen LogP contribution in [0.4, 0.5) is 28.4 Å². The van der Waals surface area contributed by atoms with Crippen LogP contribution in [0.15, 0.2) is 212 Å². The van der Waals surface area contributed by atoms with Gasteiger partial charge in [-0.3, -0.25) is 0 Å². The van der Waals surface area contributed by atoms with Gasteiger partial charge in [0.05, 0.1) is 11.0 Å². The van der Waals surface area contributed by atoms with Crippen LogP contribution in [-0.4, -0.2) is 10.8 Å². The monoisotopic (exact) mass is 796 g/mol. The zero-order valence-corrected chi connectivity index (χ0v) is 34.7. The summed E-state index contributed by atoms with van der Waals surface area (Å²) in [7, 11) is 0. The van der Waals surface area contributed by atoms with Crippen LogP contribution in [0.3, 0.4) is 0 Å². The van der Waals surface area contributed by atoms with Crippen molar-refractivity contribution in [3.05, 3.63) is 229 Å². The van der Waals surface area contributed by atoms with Gasteiger partial charge in [-0.1, -0.05) is 147 Å². The zero-order chi connectivity index (χ0) is 41.8. The van der Waals surface area contributed by atoms with Crippen LogP contribution in [0.25, 0.3) is 60.9 Å². The molecule has 296 valence electrons. The van der Waals surface area contributed by atoms with Gasteiger partial charge in [-0.05, 0) is 123 Å². The van der Waals surface area contributed by atoms with Crippen molar-refractivity contribution in [3.63, 3.8) is 0 Å². The fourth-order valence-electron chi connectivity index (χ4n) is 9.61. The number of anilines is 5. The minimum atomic E-state index is -0.115. The molecule has 1 aliphatic rings. The number of nitrogens with one attached hydrogen (secondary N) is 2. The van der Waals surface area contributed by atoms with E-state index in [4.69, 9.17) is 5.41 Å². The van der Waals surface area contributed by atoms with Gasteiger partial charge in [-0.25, -0.2) is 0 Å². The van der Waals surface area contributed by atoms with Crippen molar-refractivity contribution in [1.29, 1.82) is 5.41 Å². The molecule has 0 bridgehead atoms. The summed E-state index contributed by atoms with van der Waals surface area (Å²) in [6.07, 6.45) is 1.48. The second kappa shape index (κ2) is 14.9. The van der Waals surface area contributed by atoms with Crippen LogP contribution in [-0.2, 0) is 5.41 Å². The third kappa shape index (κ3) is 6.19. The molecule has 2 N–H and O–H groups in total. The first-order valence-corrected chi connectivity index (χ1v) is 21.3. The van der Waals surface area contributed by atoms with Gasteiger partial charge < -0.3 is 20.2 Å². The molecule has 9 aromatic carbocycles. The van der Waals surface area contributed by atoms with E-state index in [1.165, 1.54) is 39.6 Å². The molecule has 0 aliphatic heterocycles. The highest BCUT2D eigenvalue weighted by atomic mass is 15.1. The van der Waals surface area contributed by atoms with Crippen molar-refractivity contribution in [2.24, 2.45) is 0 Å². The van der Waals surface area contributed by atoms with Gasteiger partial charge >= 0.3 is 0 Å². The summed E-state index contributed by atoms with van der Waals surface area (Å²) in [6.45, 7) is 4.69. The number of fused-ring (bicyclic) bond motifs is 6. The van der Waals surface area contributed by atoms with Crippen molar-refractivity contribution in [3.8, 4) is 39.1 Å². The Morgan fingerprint density at radius 2 is 1.05 bits per heavy atom. The Morgan fingerprint density at radius 1 is 0.484 bits per heavy atom. The summed E-state index contributed by atoms with van der Waals surface area (Å²) in [5, 5.41) is 14.5. The molecule has 4 nitrogen and oxygen atoms in total. The first-order valence-electron chi connectivity index (χ1n) is 21.3. The average molecular weight is 797 g/mol. The molecule has 10 aromatic rings. The Kier molecular flexibility index (Phi) is 8.94. The van der Waals surface area contributed by atoms with Crippen LogP contribution in [0, 0.1) is 5.41 Å². The fraction of sp³-hybridized carbons (Fsp3) is 0.0517. The Bertz CT molecular complexity index is 3270. The zero-order valence-electron chi connectivity index (χ0n) is 34.7. The number of hydrogen-bond donors (Lipinski definition) is 2. The van der Waals surface area contributed by atoms with Gasteiger partial charge in [0.25, 0.3) is 0 Å². The van der Waals surface area contributed by atoms with Gasteiger partial charge in [0.15, 0.2) is 0 Å². The summed E-state index contributed by atoms with van der Waals surface area (Å²) in [4.78, 5) is 2.38. The lowest BCUT2D eigenvalue weighted by molar-refractivity contribution is 0.660. The lowest BCUT2D eigenvalue weighted by atomic mass is 9.82. The fourth-order valence-corrected chi connectivity index (χ4v) is 9.61. The molecule has 11 rings (SSSR count). The van der Waals surface area contributed by atoms with E-state index in [1.807, 2.05) is 24.3 Å². The van der Waals surface area contributed by atoms with E-state index in [0.29, 0.717) is 0 Å². The van der Waals surface area contributed by atoms with E-state index < -0.39 is 0 Å². The first-order chi connectivity index (χ1) is 30.5. The molecular weight excluding hydrogens is 753 g/mol. The summed E-state index contributed by atoms with van der Waals surface area (Å²) in [5.41, 5.74) is 19.1. The lowest BCUT2D eigenvalue weighted by Gasteiger charge is -2.28. The molecule has 0 unspecified atom stereocenters. The third-order valence-corrected chi connectivity index (χ3v) is 12.7. The molecule has 0 saturated carbocycles. The molecule has 0 spiro atoms. The average Bonchev–Trinajstić information content (AvgIpc) is 3.78.